The number of hydrogen-bond donors (Lipinski definition) is 0. The monoisotopic (exact) mass is 489 g/mol. The molecule has 0 spiro atoms. The fourth-order valence-corrected chi connectivity index (χ4v) is 5.71. The van der Waals surface area contributed by atoms with Crippen molar-refractivity contribution in [3.8, 4) is 0 Å². The van der Waals surface area contributed by atoms with Crippen molar-refractivity contribution in [2.45, 2.75) is 49.5 Å². The van der Waals surface area contributed by atoms with Crippen LogP contribution in [0.2, 0.25) is 5.02 Å². The number of likely N-dealkylation sites (N-methyl/N-ethyl adjacent to an activating group) is 1. The highest BCUT2D eigenvalue weighted by molar-refractivity contribution is 7.90. The van der Waals surface area contributed by atoms with Crippen molar-refractivity contribution in [1.29, 1.82) is 0 Å². The van der Waals surface area contributed by atoms with Crippen LogP contribution in [0.3, 0.4) is 0 Å². The smallest absolute Gasteiger partial charge is 0.223 e. The fourth-order valence-electron chi connectivity index (χ4n) is 4.38. The zero-order valence-corrected chi connectivity index (χ0v) is 20.5. The summed E-state index contributed by atoms with van der Waals surface area (Å²) in [5.41, 5.74) is 1.17. The van der Waals surface area contributed by atoms with Crippen molar-refractivity contribution in [2.24, 2.45) is 5.92 Å². The Labute approximate surface area is 199 Å². The normalized spacial score (nSPS) is 18.1. The average Bonchev–Trinajstić information content (AvgIpc) is 3.20. The molecule has 0 saturated heterocycles. The fraction of sp³-hybridized carbons (Fsp3) is 0.400. The Morgan fingerprint density at radius 2 is 1.82 bits per heavy atom. The highest BCUT2D eigenvalue weighted by Gasteiger charge is 2.36. The van der Waals surface area contributed by atoms with E-state index in [-0.39, 0.29) is 39.7 Å². The number of rotatable bonds is 8. The maximum absolute atomic E-state index is 13.2. The first-order chi connectivity index (χ1) is 15.5. The van der Waals surface area contributed by atoms with Crippen molar-refractivity contribution in [3.63, 3.8) is 0 Å². The van der Waals surface area contributed by atoms with Crippen LogP contribution in [0.5, 0.6) is 0 Å². The highest BCUT2D eigenvalue weighted by atomic mass is 35.5. The molecular weight excluding hydrogens is 462 g/mol. The van der Waals surface area contributed by atoms with E-state index in [1.807, 2.05) is 6.07 Å². The molecule has 0 heterocycles. The summed E-state index contributed by atoms with van der Waals surface area (Å²) in [4.78, 5) is 40.0. The second kappa shape index (κ2) is 10.2. The summed E-state index contributed by atoms with van der Waals surface area (Å²) in [7, 11) is -1.92. The second-order valence-electron chi connectivity index (χ2n) is 8.65. The molecule has 3 rings (SSSR count). The Kier molecular flexibility index (Phi) is 7.75. The molecule has 1 amide bonds. The van der Waals surface area contributed by atoms with Gasteiger partial charge in [-0.05, 0) is 37.5 Å². The number of halogens is 1. The summed E-state index contributed by atoms with van der Waals surface area (Å²) in [6.45, 7) is 1.68. The molecule has 2 aromatic rings. The summed E-state index contributed by atoms with van der Waals surface area (Å²) >= 11 is 6.26. The summed E-state index contributed by atoms with van der Waals surface area (Å²) in [6, 6.07) is 12.7. The summed E-state index contributed by atoms with van der Waals surface area (Å²) in [5, 5.41) is 0.0684. The van der Waals surface area contributed by atoms with Crippen LogP contribution in [0.1, 0.15) is 54.4 Å². The lowest BCUT2D eigenvalue weighted by Crippen LogP contribution is -2.41. The Morgan fingerprint density at radius 3 is 2.36 bits per heavy atom. The van der Waals surface area contributed by atoms with Gasteiger partial charge in [0, 0.05) is 43.5 Å². The summed E-state index contributed by atoms with van der Waals surface area (Å²) < 4.78 is 23.9. The Bertz CT molecular complexity index is 1160. The van der Waals surface area contributed by atoms with Gasteiger partial charge in [0.15, 0.2) is 15.6 Å². The molecule has 8 heteroatoms. The number of hydrogen-bond acceptors (Lipinski definition) is 5. The van der Waals surface area contributed by atoms with Gasteiger partial charge in [-0.25, -0.2) is 8.42 Å². The number of benzene rings is 2. The molecule has 3 atom stereocenters. The van der Waals surface area contributed by atoms with Gasteiger partial charge in [-0.3, -0.25) is 14.4 Å². The standard InChI is InChI=1S/C25H28ClNO5S/c1-16(25(30)17-8-5-4-6-9-17)27(2)24(29)15-20(19-10-7-11-22(19)28)18-12-13-23(21(26)14-18)33(3,31)32/h4-6,8-9,12-14,16,19-20H,7,10-11,15H2,1-3H3/t16-,19?,20+/m1/s1. The van der Waals surface area contributed by atoms with Gasteiger partial charge in [-0.2, -0.15) is 0 Å². The molecule has 1 saturated carbocycles. The van der Waals surface area contributed by atoms with Gasteiger partial charge < -0.3 is 4.90 Å². The van der Waals surface area contributed by atoms with Crippen LogP contribution in [0.15, 0.2) is 53.4 Å². The van der Waals surface area contributed by atoms with E-state index in [2.05, 4.69) is 0 Å². The maximum atomic E-state index is 13.2. The van der Waals surface area contributed by atoms with E-state index in [0.717, 1.165) is 12.7 Å². The predicted octanol–water partition coefficient (Wildman–Crippen LogP) is 4.32. The van der Waals surface area contributed by atoms with E-state index < -0.39 is 21.8 Å². The lowest BCUT2D eigenvalue weighted by Gasteiger charge is -2.28. The van der Waals surface area contributed by atoms with E-state index in [1.165, 1.54) is 11.0 Å². The summed E-state index contributed by atoms with van der Waals surface area (Å²) in [5.74, 6) is -1.13. The van der Waals surface area contributed by atoms with Crippen molar-refractivity contribution in [3.05, 3.63) is 64.7 Å². The van der Waals surface area contributed by atoms with Crippen molar-refractivity contribution in [2.75, 3.05) is 13.3 Å². The third-order valence-corrected chi connectivity index (χ3v) is 8.01. The van der Waals surface area contributed by atoms with E-state index in [9.17, 15) is 22.8 Å². The van der Waals surface area contributed by atoms with Gasteiger partial charge in [0.05, 0.1) is 16.0 Å². The first kappa shape index (κ1) is 25.1. The second-order valence-corrected chi connectivity index (χ2v) is 11.0. The van der Waals surface area contributed by atoms with E-state index in [0.29, 0.717) is 24.0 Å². The van der Waals surface area contributed by atoms with Crippen LogP contribution < -0.4 is 0 Å². The van der Waals surface area contributed by atoms with Gasteiger partial charge in [0.1, 0.15) is 5.78 Å². The molecule has 2 aromatic carbocycles. The zero-order valence-electron chi connectivity index (χ0n) is 19.0. The van der Waals surface area contributed by atoms with E-state index in [4.69, 9.17) is 11.6 Å². The number of amides is 1. The number of nitrogens with zero attached hydrogens (tertiary/aromatic N) is 1. The molecule has 0 aliphatic heterocycles. The van der Waals surface area contributed by atoms with E-state index >= 15 is 0 Å². The van der Waals surface area contributed by atoms with Crippen molar-refractivity contribution < 1.29 is 22.8 Å². The predicted molar refractivity (Wildman–Crippen MR) is 127 cm³/mol. The average molecular weight is 490 g/mol. The van der Waals surface area contributed by atoms with E-state index in [1.54, 1.807) is 50.4 Å². The quantitative estimate of drug-likeness (QED) is 0.515. The molecular formula is C25H28ClNO5S. The topological polar surface area (TPSA) is 88.6 Å². The number of sulfone groups is 1. The Hall–Kier alpha value is -2.51. The minimum Gasteiger partial charge on any atom is -0.336 e. The van der Waals surface area contributed by atoms with Gasteiger partial charge in [0.25, 0.3) is 0 Å². The molecule has 0 radical (unpaired) electrons. The van der Waals surface area contributed by atoms with Crippen LogP contribution in [0.25, 0.3) is 0 Å². The Morgan fingerprint density at radius 1 is 1.15 bits per heavy atom. The Balaban J connectivity index is 1.86. The molecule has 33 heavy (non-hydrogen) atoms. The number of ketones is 2. The third-order valence-electron chi connectivity index (χ3n) is 6.43. The molecule has 1 aliphatic rings. The van der Waals surface area contributed by atoms with Crippen LogP contribution in [-0.4, -0.2) is 50.1 Å². The maximum Gasteiger partial charge on any atom is 0.223 e. The number of carbonyl (C=O) groups is 3. The minimum absolute atomic E-state index is 0.00920. The lowest BCUT2D eigenvalue weighted by molar-refractivity contribution is -0.132. The number of carbonyl (C=O) groups excluding carboxylic acids is 3. The lowest BCUT2D eigenvalue weighted by atomic mass is 9.81. The molecule has 1 aliphatic carbocycles. The minimum atomic E-state index is -3.50. The summed E-state index contributed by atoms with van der Waals surface area (Å²) in [6.07, 6.45) is 2.97. The van der Waals surface area contributed by atoms with Gasteiger partial charge in [-0.15, -0.1) is 0 Å². The molecule has 176 valence electrons. The largest absolute Gasteiger partial charge is 0.336 e. The zero-order chi connectivity index (χ0) is 24.3. The first-order valence-corrected chi connectivity index (χ1v) is 13.1. The molecule has 0 bridgehead atoms. The van der Waals surface area contributed by atoms with Crippen molar-refractivity contribution in [1.82, 2.24) is 4.90 Å². The van der Waals surface area contributed by atoms with Crippen LogP contribution in [-0.2, 0) is 19.4 Å². The van der Waals surface area contributed by atoms with Crippen molar-refractivity contribution >= 4 is 38.9 Å². The van der Waals surface area contributed by atoms with Gasteiger partial charge >= 0.3 is 0 Å². The van der Waals surface area contributed by atoms with Crippen LogP contribution >= 0.6 is 11.6 Å². The number of Topliss-reactive ketones (excluding diaryl/α,β-unsaturated/α-hetero) is 2. The molecule has 0 N–H and O–H groups in total. The molecule has 1 unspecified atom stereocenters. The van der Waals surface area contributed by atoms with Crippen LogP contribution in [0, 0.1) is 5.92 Å². The third kappa shape index (κ3) is 5.71. The SMILES string of the molecule is C[C@H](C(=O)c1ccccc1)N(C)C(=O)C[C@@H](c1ccc(S(C)(=O)=O)c(Cl)c1)C1CCCC1=O. The molecule has 1 fully saturated rings. The van der Waals surface area contributed by atoms with Gasteiger partial charge in [-0.1, -0.05) is 48.0 Å². The van der Waals surface area contributed by atoms with Gasteiger partial charge in [0.2, 0.25) is 5.91 Å². The molecule has 6 nitrogen and oxygen atoms in total. The molecule has 0 aromatic heterocycles. The van der Waals surface area contributed by atoms with Crippen LogP contribution in [0.4, 0.5) is 0 Å². The highest BCUT2D eigenvalue weighted by Crippen LogP contribution is 2.39. The first-order valence-electron chi connectivity index (χ1n) is 10.9.